The Kier molecular flexibility index (Phi) is 6.06. The number of carbonyl (C=O) groups is 2. The van der Waals surface area contributed by atoms with Gasteiger partial charge in [-0.15, -0.1) is 0 Å². The smallest absolute Gasteiger partial charge is 0.260 e. The van der Waals surface area contributed by atoms with E-state index >= 15 is 0 Å². The number of aromatic nitrogens is 1. The zero-order valence-corrected chi connectivity index (χ0v) is 15.5. The van der Waals surface area contributed by atoms with Crippen LogP contribution in [0.15, 0.2) is 53.5 Å². The maximum atomic E-state index is 12.9. The number of likely N-dealkylation sites (tertiary alicyclic amines) is 1. The molecule has 0 radical (unpaired) electrons. The van der Waals surface area contributed by atoms with Crippen LogP contribution in [0.25, 0.3) is 0 Å². The number of nitrogens with zero attached hydrogens (tertiary/aromatic N) is 1. The van der Waals surface area contributed by atoms with Crippen molar-refractivity contribution >= 4 is 11.8 Å². The van der Waals surface area contributed by atoms with E-state index in [9.17, 15) is 14.4 Å². The van der Waals surface area contributed by atoms with E-state index in [-0.39, 0.29) is 29.3 Å². The van der Waals surface area contributed by atoms with E-state index in [4.69, 9.17) is 0 Å². The Morgan fingerprint density at radius 1 is 1.15 bits per heavy atom. The highest BCUT2D eigenvalue weighted by atomic mass is 16.2. The fourth-order valence-electron chi connectivity index (χ4n) is 3.57. The van der Waals surface area contributed by atoms with E-state index in [1.165, 1.54) is 12.3 Å². The number of hydrogen-bond donors (Lipinski definition) is 2. The van der Waals surface area contributed by atoms with Gasteiger partial charge in [-0.25, -0.2) is 0 Å². The van der Waals surface area contributed by atoms with Gasteiger partial charge >= 0.3 is 0 Å². The Labute approximate surface area is 158 Å². The Balaban J connectivity index is 1.57. The summed E-state index contributed by atoms with van der Waals surface area (Å²) in [5, 5.41) is 2.91. The fourth-order valence-corrected chi connectivity index (χ4v) is 3.57. The molecule has 1 aliphatic rings. The number of pyridine rings is 1. The van der Waals surface area contributed by atoms with Gasteiger partial charge in [0, 0.05) is 25.3 Å². The topological polar surface area (TPSA) is 82.3 Å². The molecule has 6 nitrogen and oxygen atoms in total. The molecule has 2 N–H and O–H groups in total. The van der Waals surface area contributed by atoms with Gasteiger partial charge in [-0.1, -0.05) is 37.3 Å². The lowest BCUT2D eigenvalue weighted by atomic mass is 9.93. The Bertz CT molecular complexity index is 839. The van der Waals surface area contributed by atoms with Gasteiger partial charge in [0.2, 0.25) is 5.91 Å². The molecule has 0 bridgehead atoms. The van der Waals surface area contributed by atoms with Gasteiger partial charge in [0.1, 0.15) is 5.56 Å². The predicted octanol–water partition coefficient (Wildman–Crippen LogP) is 2.29. The SMILES string of the molecule is CC[C@H](C(=O)N1CCC(NC(=O)c2ccc[nH]c2=O)CC1)c1ccccc1. The number of nitrogens with one attached hydrogen (secondary N) is 2. The first-order chi connectivity index (χ1) is 13.1. The van der Waals surface area contributed by atoms with Gasteiger partial charge in [0.15, 0.2) is 0 Å². The first kappa shape index (κ1) is 18.9. The van der Waals surface area contributed by atoms with Crippen molar-refractivity contribution in [2.24, 2.45) is 0 Å². The maximum absolute atomic E-state index is 12.9. The summed E-state index contributed by atoms with van der Waals surface area (Å²) < 4.78 is 0. The summed E-state index contributed by atoms with van der Waals surface area (Å²) in [6.45, 7) is 3.25. The third-order valence-electron chi connectivity index (χ3n) is 5.11. The van der Waals surface area contributed by atoms with Gasteiger partial charge in [0.05, 0.1) is 5.92 Å². The molecule has 1 aromatic carbocycles. The standard InChI is InChI=1S/C21H25N3O3/c1-2-17(15-7-4-3-5-8-15)21(27)24-13-10-16(11-14-24)23-20(26)18-9-6-12-22-19(18)25/h3-9,12,16-17H,2,10-11,13-14H2,1H3,(H,22,25)(H,23,26)/t17-/m0/s1. The number of hydrogen-bond acceptors (Lipinski definition) is 3. The molecule has 6 heteroatoms. The van der Waals surface area contributed by atoms with Crippen LogP contribution >= 0.6 is 0 Å². The van der Waals surface area contributed by atoms with Gasteiger partial charge in [0.25, 0.3) is 11.5 Å². The molecule has 0 spiro atoms. The third-order valence-corrected chi connectivity index (χ3v) is 5.11. The fraction of sp³-hybridized carbons (Fsp3) is 0.381. The second-order valence-electron chi connectivity index (χ2n) is 6.86. The van der Waals surface area contributed by atoms with Gasteiger partial charge < -0.3 is 15.2 Å². The van der Waals surface area contributed by atoms with Crippen LogP contribution in [-0.2, 0) is 4.79 Å². The number of benzene rings is 1. The predicted molar refractivity (Wildman–Crippen MR) is 104 cm³/mol. The normalized spacial score (nSPS) is 16.0. The number of piperidine rings is 1. The largest absolute Gasteiger partial charge is 0.349 e. The minimum Gasteiger partial charge on any atom is -0.349 e. The van der Waals surface area contributed by atoms with Crippen LogP contribution in [0.5, 0.6) is 0 Å². The van der Waals surface area contributed by atoms with Crippen molar-refractivity contribution in [3.05, 3.63) is 70.1 Å². The summed E-state index contributed by atoms with van der Waals surface area (Å²) >= 11 is 0. The number of H-pyrrole nitrogens is 1. The van der Waals surface area contributed by atoms with E-state index < -0.39 is 5.56 Å². The zero-order valence-electron chi connectivity index (χ0n) is 15.5. The molecule has 27 heavy (non-hydrogen) atoms. The van der Waals surface area contributed by atoms with Gasteiger partial charge in [-0.2, -0.15) is 0 Å². The number of carbonyl (C=O) groups excluding carboxylic acids is 2. The van der Waals surface area contributed by atoms with Crippen LogP contribution in [0, 0.1) is 0 Å². The lowest BCUT2D eigenvalue weighted by Crippen LogP contribution is -2.48. The average molecular weight is 367 g/mol. The highest BCUT2D eigenvalue weighted by Gasteiger charge is 2.29. The lowest BCUT2D eigenvalue weighted by Gasteiger charge is -2.34. The van der Waals surface area contributed by atoms with E-state index in [2.05, 4.69) is 10.3 Å². The highest BCUT2D eigenvalue weighted by molar-refractivity contribution is 5.94. The van der Waals surface area contributed by atoms with Crippen molar-refractivity contribution in [2.45, 2.75) is 38.1 Å². The quantitative estimate of drug-likeness (QED) is 0.851. The average Bonchev–Trinajstić information content (AvgIpc) is 2.70. The lowest BCUT2D eigenvalue weighted by molar-refractivity contribution is -0.134. The molecule has 142 valence electrons. The third kappa shape index (κ3) is 4.45. The molecule has 2 amide bonds. The first-order valence-electron chi connectivity index (χ1n) is 9.42. The molecule has 1 atom stereocenters. The van der Waals surface area contributed by atoms with Crippen LogP contribution < -0.4 is 10.9 Å². The molecule has 0 saturated carbocycles. The summed E-state index contributed by atoms with van der Waals surface area (Å²) in [6, 6.07) is 13.0. The molecule has 1 aliphatic heterocycles. The summed E-state index contributed by atoms with van der Waals surface area (Å²) in [7, 11) is 0. The molecule has 2 heterocycles. The first-order valence-corrected chi connectivity index (χ1v) is 9.42. The Hall–Kier alpha value is -2.89. The van der Waals surface area contributed by atoms with Crippen LogP contribution in [0.4, 0.5) is 0 Å². The van der Waals surface area contributed by atoms with Crippen LogP contribution in [0.3, 0.4) is 0 Å². The molecule has 1 fully saturated rings. The maximum Gasteiger partial charge on any atom is 0.260 e. The van der Waals surface area contributed by atoms with Crippen molar-refractivity contribution < 1.29 is 9.59 Å². The zero-order chi connectivity index (χ0) is 19.2. The summed E-state index contributed by atoms with van der Waals surface area (Å²) in [5.74, 6) is -0.342. The highest BCUT2D eigenvalue weighted by Crippen LogP contribution is 2.24. The van der Waals surface area contributed by atoms with Crippen molar-refractivity contribution in [2.75, 3.05) is 13.1 Å². The molecule has 0 unspecified atom stereocenters. The molecular formula is C21H25N3O3. The van der Waals surface area contributed by atoms with Crippen molar-refractivity contribution in [1.82, 2.24) is 15.2 Å². The van der Waals surface area contributed by atoms with Crippen LogP contribution in [0.1, 0.15) is 48.0 Å². The molecular weight excluding hydrogens is 342 g/mol. The molecule has 3 rings (SSSR count). The Morgan fingerprint density at radius 2 is 1.85 bits per heavy atom. The monoisotopic (exact) mass is 367 g/mol. The number of rotatable bonds is 5. The van der Waals surface area contributed by atoms with E-state index in [1.54, 1.807) is 6.07 Å². The molecule has 1 aromatic heterocycles. The second kappa shape index (κ2) is 8.66. The summed E-state index contributed by atoms with van der Waals surface area (Å²) in [4.78, 5) is 41.3. The van der Waals surface area contributed by atoms with Crippen molar-refractivity contribution in [3.63, 3.8) is 0 Å². The second-order valence-corrected chi connectivity index (χ2v) is 6.86. The Morgan fingerprint density at radius 3 is 2.48 bits per heavy atom. The molecule has 1 saturated heterocycles. The van der Waals surface area contributed by atoms with Crippen molar-refractivity contribution in [3.8, 4) is 0 Å². The van der Waals surface area contributed by atoms with E-state index in [0.717, 1.165) is 12.0 Å². The number of aromatic amines is 1. The van der Waals surface area contributed by atoms with Gasteiger partial charge in [-0.3, -0.25) is 14.4 Å². The van der Waals surface area contributed by atoms with Crippen LogP contribution in [-0.4, -0.2) is 40.8 Å². The molecule has 0 aliphatic carbocycles. The van der Waals surface area contributed by atoms with Crippen molar-refractivity contribution in [1.29, 1.82) is 0 Å². The molecule has 2 aromatic rings. The minimum absolute atomic E-state index is 0.0297. The summed E-state index contributed by atoms with van der Waals surface area (Å²) in [6.07, 6.45) is 3.64. The van der Waals surface area contributed by atoms with E-state index in [1.807, 2.05) is 42.2 Å². The minimum atomic E-state index is -0.392. The van der Waals surface area contributed by atoms with Crippen LogP contribution in [0.2, 0.25) is 0 Å². The van der Waals surface area contributed by atoms with E-state index in [0.29, 0.717) is 25.9 Å². The number of amides is 2. The van der Waals surface area contributed by atoms with Gasteiger partial charge in [-0.05, 0) is 37.0 Å². The summed E-state index contributed by atoms with van der Waals surface area (Å²) in [5.41, 5.74) is 0.770.